The zero-order valence-electron chi connectivity index (χ0n) is 13.2. The monoisotopic (exact) mass is 348 g/mol. The Bertz CT molecular complexity index is 601. The van der Waals surface area contributed by atoms with Crippen LogP contribution in [0.3, 0.4) is 0 Å². The van der Waals surface area contributed by atoms with Crippen molar-refractivity contribution in [1.29, 1.82) is 0 Å². The maximum atomic E-state index is 6.00. The van der Waals surface area contributed by atoms with Crippen LogP contribution in [-0.2, 0) is 6.54 Å². The minimum atomic E-state index is 0.406. The number of hydrogen-bond acceptors (Lipinski definition) is 2. The van der Waals surface area contributed by atoms with Gasteiger partial charge in [-0.05, 0) is 23.3 Å². The van der Waals surface area contributed by atoms with Crippen LogP contribution in [0.25, 0.3) is 0 Å². The lowest BCUT2D eigenvalue weighted by molar-refractivity contribution is 0.0717. The minimum absolute atomic E-state index is 0.406. The van der Waals surface area contributed by atoms with Crippen LogP contribution >= 0.6 is 23.2 Å². The van der Waals surface area contributed by atoms with Crippen LogP contribution in [0.4, 0.5) is 0 Å². The van der Waals surface area contributed by atoms with E-state index in [1.165, 1.54) is 11.1 Å². The molecule has 4 heteroatoms. The van der Waals surface area contributed by atoms with Crippen molar-refractivity contribution >= 4 is 23.2 Å². The molecule has 23 heavy (non-hydrogen) atoms. The zero-order valence-corrected chi connectivity index (χ0v) is 14.7. The van der Waals surface area contributed by atoms with Crippen molar-refractivity contribution in [2.45, 2.75) is 12.6 Å². The highest BCUT2D eigenvalue weighted by atomic mass is 35.5. The van der Waals surface area contributed by atoms with E-state index in [0.29, 0.717) is 11.9 Å². The molecular formula is C19H22Cl2N2. The summed E-state index contributed by atoms with van der Waals surface area (Å²) in [7, 11) is 0. The third-order valence-electron chi connectivity index (χ3n) is 4.46. The summed E-state index contributed by atoms with van der Waals surface area (Å²) < 4.78 is 0. The number of halogens is 2. The van der Waals surface area contributed by atoms with Gasteiger partial charge >= 0.3 is 0 Å². The fraction of sp³-hybridized carbons (Fsp3) is 0.368. The molecule has 122 valence electrons. The predicted octanol–water partition coefficient (Wildman–Crippen LogP) is 4.44. The first-order chi connectivity index (χ1) is 11.3. The van der Waals surface area contributed by atoms with E-state index in [-0.39, 0.29) is 0 Å². The summed E-state index contributed by atoms with van der Waals surface area (Å²) in [6.45, 7) is 5.07. The third-order valence-corrected chi connectivity index (χ3v) is 4.88. The van der Waals surface area contributed by atoms with Gasteiger partial charge in [0.1, 0.15) is 0 Å². The van der Waals surface area contributed by atoms with Crippen molar-refractivity contribution < 1.29 is 0 Å². The van der Waals surface area contributed by atoms with E-state index in [1.807, 2.05) is 12.1 Å². The van der Waals surface area contributed by atoms with E-state index in [4.69, 9.17) is 23.2 Å². The van der Waals surface area contributed by atoms with Crippen LogP contribution in [0.5, 0.6) is 0 Å². The van der Waals surface area contributed by atoms with Gasteiger partial charge < -0.3 is 0 Å². The van der Waals surface area contributed by atoms with E-state index in [1.54, 1.807) is 0 Å². The Labute approximate surface area is 148 Å². The molecule has 0 N–H and O–H groups in total. The Balaban J connectivity index is 1.77. The number of alkyl halides is 1. The van der Waals surface area contributed by atoms with E-state index >= 15 is 0 Å². The fourth-order valence-electron chi connectivity index (χ4n) is 3.20. The van der Waals surface area contributed by atoms with E-state index in [2.05, 4.69) is 52.3 Å². The number of rotatable bonds is 5. The summed E-state index contributed by atoms with van der Waals surface area (Å²) in [5.74, 6) is 0.693. The van der Waals surface area contributed by atoms with Crippen LogP contribution in [-0.4, -0.2) is 41.9 Å². The van der Waals surface area contributed by atoms with Crippen molar-refractivity contribution in [3.8, 4) is 0 Å². The van der Waals surface area contributed by atoms with Crippen molar-refractivity contribution in [2.24, 2.45) is 0 Å². The van der Waals surface area contributed by atoms with Crippen molar-refractivity contribution in [1.82, 2.24) is 9.80 Å². The molecule has 1 aliphatic heterocycles. The summed E-state index contributed by atoms with van der Waals surface area (Å²) >= 11 is 11.9. The molecule has 1 saturated heterocycles. The standard InChI is InChI=1S/C19H22Cl2N2/c20-10-11-22-12-13-23(14-16-6-8-18(21)9-7-16)19(15-22)17-4-2-1-3-5-17/h1-9,19H,10-15H2. The van der Waals surface area contributed by atoms with Gasteiger partial charge in [-0.1, -0.05) is 54.1 Å². The zero-order chi connectivity index (χ0) is 16.1. The molecular weight excluding hydrogens is 327 g/mol. The molecule has 0 radical (unpaired) electrons. The number of hydrogen-bond donors (Lipinski definition) is 0. The molecule has 1 atom stereocenters. The molecule has 3 rings (SSSR count). The molecule has 0 spiro atoms. The molecule has 2 aromatic rings. The van der Waals surface area contributed by atoms with Crippen LogP contribution < -0.4 is 0 Å². The first-order valence-electron chi connectivity index (χ1n) is 8.08. The summed E-state index contributed by atoms with van der Waals surface area (Å²) in [6, 6.07) is 19.4. The molecule has 1 heterocycles. The smallest absolute Gasteiger partial charge is 0.0479 e. The molecule has 0 aromatic heterocycles. The maximum Gasteiger partial charge on any atom is 0.0479 e. The number of nitrogens with zero attached hydrogens (tertiary/aromatic N) is 2. The van der Waals surface area contributed by atoms with Gasteiger partial charge in [-0.3, -0.25) is 9.80 Å². The third kappa shape index (κ3) is 4.48. The average Bonchev–Trinajstić information content (AvgIpc) is 2.59. The molecule has 0 bridgehead atoms. The normalized spacial score (nSPS) is 19.8. The second-order valence-electron chi connectivity index (χ2n) is 6.01. The second kappa shape index (κ2) is 8.16. The van der Waals surface area contributed by atoms with Crippen molar-refractivity contribution in [3.63, 3.8) is 0 Å². The summed E-state index contributed by atoms with van der Waals surface area (Å²) in [5, 5.41) is 0.792. The molecule has 0 saturated carbocycles. The van der Waals surface area contributed by atoms with E-state index in [0.717, 1.165) is 37.7 Å². The Kier molecular flexibility index (Phi) is 5.96. The summed E-state index contributed by atoms with van der Waals surface area (Å²) in [4.78, 5) is 5.02. The largest absolute Gasteiger partial charge is 0.299 e. The van der Waals surface area contributed by atoms with Gasteiger partial charge in [0, 0.05) is 49.7 Å². The number of benzene rings is 2. The van der Waals surface area contributed by atoms with Gasteiger partial charge in [-0.25, -0.2) is 0 Å². The topological polar surface area (TPSA) is 6.48 Å². The molecule has 1 unspecified atom stereocenters. The quantitative estimate of drug-likeness (QED) is 0.737. The SMILES string of the molecule is ClCCN1CCN(Cc2ccc(Cl)cc2)C(c2ccccc2)C1. The van der Waals surface area contributed by atoms with Crippen LogP contribution in [0.15, 0.2) is 54.6 Å². The molecule has 0 aliphatic carbocycles. The maximum absolute atomic E-state index is 6.00. The minimum Gasteiger partial charge on any atom is -0.299 e. The van der Waals surface area contributed by atoms with E-state index < -0.39 is 0 Å². The highest BCUT2D eigenvalue weighted by Crippen LogP contribution is 2.27. The van der Waals surface area contributed by atoms with Gasteiger partial charge in [-0.2, -0.15) is 0 Å². The Morgan fingerprint density at radius 3 is 2.39 bits per heavy atom. The fourth-order valence-corrected chi connectivity index (χ4v) is 3.57. The van der Waals surface area contributed by atoms with Gasteiger partial charge in [-0.15, -0.1) is 11.6 Å². The van der Waals surface area contributed by atoms with Gasteiger partial charge in [0.25, 0.3) is 0 Å². The first kappa shape index (κ1) is 16.8. The van der Waals surface area contributed by atoms with Crippen molar-refractivity contribution in [3.05, 3.63) is 70.7 Å². The highest BCUT2D eigenvalue weighted by Gasteiger charge is 2.27. The Morgan fingerprint density at radius 1 is 0.957 bits per heavy atom. The van der Waals surface area contributed by atoms with Gasteiger partial charge in [0.05, 0.1) is 0 Å². The van der Waals surface area contributed by atoms with E-state index in [9.17, 15) is 0 Å². The van der Waals surface area contributed by atoms with Crippen LogP contribution in [0.2, 0.25) is 5.02 Å². The molecule has 2 nitrogen and oxygen atoms in total. The highest BCUT2D eigenvalue weighted by molar-refractivity contribution is 6.30. The summed E-state index contributed by atoms with van der Waals surface area (Å²) in [6.07, 6.45) is 0. The molecule has 2 aromatic carbocycles. The molecule has 0 amide bonds. The predicted molar refractivity (Wildman–Crippen MR) is 98.2 cm³/mol. The van der Waals surface area contributed by atoms with Gasteiger partial charge in [0.15, 0.2) is 0 Å². The Hall–Kier alpha value is -1.06. The lowest BCUT2D eigenvalue weighted by atomic mass is 10.0. The van der Waals surface area contributed by atoms with Crippen LogP contribution in [0, 0.1) is 0 Å². The Morgan fingerprint density at radius 2 is 1.70 bits per heavy atom. The summed E-state index contributed by atoms with van der Waals surface area (Å²) in [5.41, 5.74) is 2.68. The molecule has 1 fully saturated rings. The van der Waals surface area contributed by atoms with Crippen molar-refractivity contribution in [2.75, 3.05) is 32.1 Å². The first-order valence-corrected chi connectivity index (χ1v) is 8.99. The lowest BCUT2D eigenvalue weighted by Gasteiger charge is -2.41. The lowest BCUT2D eigenvalue weighted by Crippen LogP contribution is -2.48. The molecule has 1 aliphatic rings. The van der Waals surface area contributed by atoms with Crippen LogP contribution in [0.1, 0.15) is 17.2 Å². The van der Waals surface area contributed by atoms with Gasteiger partial charge in [0.2, 0.25) is 0 Å². The number of piperazine rings is 1. The second-order valence-corrected chi connectivity index (χ2v) is 6.83. The average molecular weight is 349 g/mol.